The Kier molecular flexibility index (Phi) is 3.06. The fraction of sp³-hybridized carbons (Fsp3) is 0.214. The van der Waals surface area contributed by atoms with E-state index in [1.54, 1.807) is 18.6 Å². The summed E-state index contributed by atoms with van der Waals surface area (Å²) in [6, 6.07) is 7.53. The maximum atomic E-state index is 6.07. The summed E-state index contributed by atoms with van der Waals surface area (Å²) in [4.78, 5) is 14.8. The molecule has 1 unspecified atom stereocenters. The number of nitrogens with two attached hydrogens (primary N) is 1. The van der Waals surface area contributed by atoms with Gasteiger partial charge in [-0.2, -0.15) is 0 Å². The zero-order valence-corrected chi connectivity index (χ0v) is 11.7. The Morgan fingerprint density at radius 3 is 2.90 bits per heavy atom. The van der Waals surface area contributed by atoms with Crippen molar-refractivity contribution in [3.8, 4) is 0 Å². The molecule has 0 aliphatic carbocycles. The van der Waals surface area contributed by atoms with Gasteiger partial charge < -0.3 is 5.73 Å². The highest BCUT2D eigenvalue weighted by Gasteiger charge is 2.42. The summed E-state index contributed by atoms with van der Waals surface area (Å²) in [6.45, 7) is 2.57. The zero-order chi connectivity index (χ0) is 14.2. The van der Waals surface area contributed by atoms with Gasteiger partial charge >= 0.3 is 0 Å². The molecule has 5 nitrogen and oxygen atoms in total. The lowest BCUT2D eigenvalue weighted by Crippen LogP contribution is -2.48. The predicted molar refractivity (Wildman–Crippen MR) is 79.8 cm³/mol. The third kappa shape index (κ3) is 2.00. The number of anilines is 1. The normalized spacial score (nSPS) is 21.9. The SMILES string of the molecule is CC1(c2cnccn2)CN=C(N)N1c1cccc(Cl)c1. The van der Waals surface area contributed by atoms with Crippen molar-refractivity contribution >= 4 is 23.2 Å². The molecule has 0 bridgehead atoms. The van der Waals surface area contributed by atoms with E-state index in [9.17, 15) is 0 Å². The van der Waals surface area contributed by atoms with E-state index in [1.807, 2.05) is 36.1 Å². The fourth-order valence-corrected chi connectivity index (χ4v) is 2.62. The largest absolute Gasteiger partial charge is 0.369 e. The van der Waals surface area contributed by atoms with Crippen LogP contribution in [0.15, 0.2) is 47.8 Å². The molecule has 1 atom stereocenters. The average molecular weight is 288 g/mol. The van der Waals surface area contributed by atoms with E-state index in [1.165, 1.54) is 0 Å². The Bertz CT molecular complexity index is 658. The van der Waals surface area contributed by atoms with E-state index in [2.05, 4.69) is 15.0 Å². The molecular formula is C14H14ClN5. The summed E-state index contributed by atoms with van der Waals surface area (Å²) in [5.74, 6) is 0.459. The average Bonchev–Trinajstić information content (AvgIpc) is 2.77. The molecule has 2 aromatic rings. The Hall–Kier alpha value is -2.14. The Balaban J connectivity index is 2.09. The molecule has 1 aliphatic heterocycles. The molecule has 2 N–H and O–H groups in total. The highest BCUT2D eigenvalue weighted by atomic mass is 35.5. The third-order valence-corrected chi connectivity index (χ3v) is 3.69. The molecule has 0 radical (unpaired) electrons. The first-order valence-corrected chi connectivity index (χ1v) is 6.61. The van der Waals surface area contributed by atoms with Crippen LogP contribution in [0.25, 0.3) is 0 Å². The number of benzene rings is 1. The summed E-state index contributed by atoms with van der Waals surface area (Å²) >= 11 is 6.07. The van der Waals surface area contributed by atoms with Crippen molar-refractivity contribution < 1.29 is 0 Å². The van der Waals surface area contributed by atoms with Crippen molar-refractivity contribution in [3.05, 3.63) is 53.6 Å². The van der Waals surface area contributed by atoms with Crippen molar-refractivity contribution in [2.75, 3.05) is 11.4 Å². The summed E-state index contributed by atoms with van der Waals surface area (Å²) in [5.41, 5.74) is 7.32. The lowest BCUT2D eigenvalue weighted by molar-refractivity contribution is 0.513. The van der Waals surface area contributed by atoms with Crippen molar-refractivity contribution in [1.29, 1.82) is 0 Å². The topological polar surface area (TPSA) is 67.4 Å². The van der Waals surface area contributed by atoms with Crippen LogP contribution in [0, 0.1) is 0 Å². The monoisotopic (exact) mass is 287 g/mol. The maximum absolute atomic E-state index is 6.07. The van der Waals surface area contributed by atoms with E-state index >= 15 is 0 Å². The number of hydrogen-bond donors (Lipinski definition) is 1. The second kappa shape index (κ2) is 4.76. The van der Waals surface area contributed by atoms with Crippen LogP contribution in [0.1, 0.15) is 12.6 Å². The van der Waals surface area contributed by atoms with Gasteiger partial charge in [-0.3, -0.25) is 19.9 Å². The lowest BCUT2D eigenvalue weighted by atomic mass is 9.96. The highest BCUT2D eigenvalue weighted by Crippen LogP contribution is 2.36. The molecule has 0 fully saturated rings. The number of aliphatic imine (C=N–C) groups is 1. The minimum atomic E-state index is -0.455. The van der Waals surface area contributed by atoms with E-state index < -0.39 is 5.54 Å². The Labute approximate surface area is 122 Å². The van der Waals surface area contributed by atoms with Crippen LogP contribution in [0.4, 0.5) is 5.69 Å². The second-order valence-corrected chi connectivity index (χ2v) is 5.29. The summed E-state index contributed by atoms with van der Waals surface area (Å²) in [7, 11) is 0. The lowest BCUT2D eigenvalue weighted by Gasteiger charge is -2.35. The van der Waals surface area contributed by atoms with Gasteiger partial charge in [-0.05, 0) is 25.1 Å². The maximum Gasteiger partial charge on any atom is 0.196 e. The molecule has 1 aromatic carbocycles. The van der Waals surface area contributed by atoms with Crippen molar-refractivity contribution in [2.45, 2.75) is 12.5 Å². The van der Waals surface area contributed by atoms with E-state index in [4.69, 9.17) is 17.3 Å². The van der Waals surface area contributed by atoms with Gasteiger partial charge in [0.15, 0.2) is 5.96 Å². The molecule has 2 heterocycles. The molecule has 1 aromatic heterocycles. The minimum absolute atomic E-state index is 0.455. The van der Waals surface area contributed by atoms with Gasteiger partial charge in [0.25, 0.3) is 0 Å². The first-order chi connectivity index (χ1) is 9.61. The molecule has 0 amide bonds. The van der Waals surface area contributed by atoms with Gasteiger partial charge in [-0.1, -0.05) is 17.7 Å². The van der Waals surface area contributed by atoms with Crippen LogP contribution in [-0.2, 0) is 5.54 Å². The number of aromatic nitrogens is 2. The Morgan fingerprint density at radius 1 is 1.35 bits per heavy atom. The minimum Gasteiger partial charge on any atom is -0.369 e. The molecule has 0 saturated carbocycles. The van der Waals surface area contributed by atoms with E-state index in [-0.39, 0.29) is 0 Å². The van der Waals surface area contributed by atoms with Crippen LogP contribution in [0.3, 0.4) is 0 Å². The molecule has 102 valence electrons. The molecule has 0 saturated heterocycles. The number of halogens is 1. The number of guanidine groups is 1. The Morgan fingerprint density at radius 2 is 2.20 bits per heavy atom. The van der Waals surface area contributed by atoms with Gasteiger partial charge in [0.05, 0.1) is 18.4 Å². The second-order valence-electron chi connectivity index (χ2n) is 4.85. The first kappa shape index (κ1) is 12.9. The number of hydrogen-bond acceptors (Lipinski definition) is 5. The third-order valence-electron chi connectivity index (χ3n) is 3.45. The van der Waals surface area contributed by atoms with Crippen LogP contribution < -0.4 is 10.6 Å². The predicted octanol–water partition coefficient (Wildman–Crippen LogP) is 2.18. The van der Waals surface area contributed by atoms with Gasteiger partial charge in [-0.25, -0.2) is 0 Å². The molecule has 0 spiro atoms. The van der Waals surface area contributed by atoms with E-state index in [0.29, 0.717) is 17.5 Å². The first-order valence-electron chi connectivity index (χ1n) is 6.23. The standard InChI is InChI=1S/C14H14ClN5/c1-14(12-8-17-5-6-18-12)9-19-13(16)20(14)11-4-2-3-10(15)7-11/h2-8H,9H2,1H3,(H2,16,19). The van der Waals surface area contributed by atoms with E-state index in [0.717, 1.165) is 11.4 Å². The smallest absolute Gasteiger partial charge is 0.196 e. The van der Waals surface area contributed by atoms with Crippen molar-refractivity contribution in [1.82, 2.24) is 9.97 Å². The summed E-state index contributed by atoms with van der Waals surface area (Å²) < 4.78 is 0. The quantitative estimate of drug-likeness (QED) is 0.919. The van der Waals surface area contributed by atoms with Crippen molar-refractivity contribution in [3.63, 3.8) is 0 Å². The number of rotatable bonds is 2. The zero-order valence-electron chi connectivity index (χ0n) is 11.0. The highest BCUT2D eigenvalue weighted by molar-refractivity contribution is 6.31. The van der Waals surface area contributed by atoms with Crippen LogP contribution in [0.2, 0.25) is 5.02 Å². The van der Waals surface area contributed by atoms with Crippen LogP contribution in [-0.4, -0.2) is 22.5 Å². The molecule has 1 aliphatic rings. The van der Waals surface area contributed by atoms with Crippen molar-refractivity contribution in [2.24, 2.45) is 10.7 Å². The molecule has 6 heteroatoms. The van der Waals surface area contributed by atoms with Crippen LogP contribution in [0.5, 0.6) is 0 Å². The van der Waals surface area contributed by atoms with Gasteiger partial charge in [0.1, 0.15) is 5.54 Å². The van der Waals surface area contributed by atoms with Gasteiger partial charge in [0, 0.05) is 23.1 Å². The van der Waals surface area contributed by atoms with Crippen LogP contribution >= 0.6 is 11.6 Å². The molecular weight excluding hydrogens is 274 g/mol. The summed E-state index contributed by atoms with van der Waals surface area (Å²) in [6.07, 6.45) is 5.06. The van der Waals surface area contributed by atoms with Gasteiger partial charge in [0.2, 0.25) is 0 Å². The molecule has 20 heavy (non-hydrogen) atoms. The number of nitrogens with zero attached hydrogens (tertiary/aromatic N) is 4. The molecule has 3 rings (SSSR count). The fourth-order valence-electron chi connectivity index (χ4n) is 2.43. The van der Waals surface area contributed by atoms with Gasteiger partial charge in [-0.15, -0.1) is 0 Å². The summed E-state index contributed by atoms with van der Waals surface area (Å²) in [5, 5.41) is 0.656.